The second-order valence-electron chi connectivity index (χ2n) is 8.01. The van der Waals surface area contributed by atoms with Crippen LogP contribution >= 0.6 is 11.3 Å². The molecule has 0 saturated carbocycles. The molecule has 0 aromatic carbocycles. The molecule has 1 saturated heterocycles. The Hall–Kier alpha value is -3.13. The summed E-state index contributed by atoms with van der Waals surface area (Å²) < 4.78 is 1.75. The molecule has 154 valence electrons. The first kappa shape index (κ1) is 18.9. The van der Waals surface area contributed by atoms with E-state index in [1.165, 1.54) is 0 Å². The van der Waals surface area contributed by atoms with Crippen molar-refractivity contribution in [2.75, 3.05) is 13.1 Å². The van der Waals surface area contributed by atoms with Crippen LogP contribution in [0.4, 0.5) is 0 Å². The smallest absolute Gasteiger partial charge is 0.263 e. The van der Waals surface area contributed by atoms with Crippen molar-refractivity contribution in [3.05, 3.63) is 80.2 Å². The van der Waals surface area contributed by atoms with Crippen LogP contribution in [0.2, 0.25) is 0 Å². The van der Waals surface area contributed by atoms with Crippen molar-refractivity contribution in [1.82, 2.24) is 19.8 Å². The molecule has 1 fully saturated rings. The second-order valence-corrected chi connectivity index (χ2v) is 8.79. The summed E-state index contributed by atoms with van der Waals surface area (Å²) in [7, 11) is 0. The van der Waals surface area contributed by atoms with Crippen LogP contribution in [0.5, 0.6) is 0 Å². The van der Waals surface area contributed by atoms with Crippen LogP contribution in [0.15, 0.2) is 52.2 Å². The Morgan fingerprint density at radius 1 is 1.17 bits per heavy atom. The Bertz CT molecular complexity index is 1130. The number of rotatable bonds is 4. The number of aromatic nitrogens is 2. The van der Waals surface area contributed by atoms with Gasteiger partial charge in [0.15, 0.2) is 0 Å². The van der Waals surface area contributed by atoms with Gasteiger partial charge in [-0.25, -0.2) is 0 Å². The van der Waals surface area contributed by atoms with Gasteiger partial charge in [-0.3, -0.25) is 14.4 Å². The highest BCUT2D eigenvalue weighted by atomic mass is 32.1. The fourth-order valence-corrected chi connectivity index (χ4v) is 5.26. The molecule has 7 nitrogen and oxygen atoms in total. The molecule has 3 aromatic heterocycles. The quantitative estimate of drug-likeness (QED) is 0.677. The van der Waals surface area contributed by atoms with E-state index in [1.807, 2.05) is 27.8 Å². The molecule has 0 unspecified atom stereocenters. The highest BCUT2D eigenvalue weighted by Crippen LogP contribution is 2.35. The van der Waals surface area contributed by atoms with E-state index in [4.69, 9.17) is 0 Å². The number of carbonyl (C=O) groups excluding carboxylic acids is 2. The average Bonchev–Trinajstić information content (AvgIpc) is 3.46. The van der Waals surface area contributed by atoms with Crippen LogP contribution in [0.3, 0.4) is 0 Å². The first-order chi connectivity index (χ1) is 14.6. The summed E-state index contributed by atoms with van der Waals surface area (Å²) in [6.45, 7) is 2.16. The molecule has 8 heteroatoms. The minimum atomic E-state index is -0.346. The predicted molar refractivity (Wildman–Crippen MR) is 114 cm³/mol. The van der Waals surface area contributed by atoms with Crippen LogP contribution < -0.4 is 10.9 Å². The number of nitrogens with zero attached hydrogens (tertiary/aromatic N) is 2. The fourth-order valence-electron chi connectivity index (χ4n) is 4.59. The number of amides is 2. The molecule has 2 aliphatic rings. The summed E-state index contributed by atoms with van der Waals surface area (Å²) in [5.74, 6) is -0.00959. The number of carbonyl (C=O) groups is 2. The van der Waals surface area contributed by atoms with Gasteiger partial charge in [-0.2, -0.15) is 11.3 Å². The van der Waals surface area contributed by atoms with E-state index in [0.717, 1.165) is 17.7 Å². The summed E-state index contributed by atoms with van der Waals surface area (Å²) in [4.78, 5) is 43.2. The summed E-state index contributed by atoms with van der Waals surface area (Å²) >= 11 is 1.57. The summed E-state index contributed by atoms with van der Waals surface area (Å²) in [5, 5.41) is 6.77. The Kier molecular flexibility index (Phi) is 4.78. The molecule has 2 bridgehead atoms. The van der Waals surface area contributed by atoms with Crippen molar-refractivity contribution < 1.29 is 9.59 Å². The zero-order valence-corrected chi connectivity index (χ0v) is 17.2. The maximum absolute atomic E-state index is 13.1. The Labute approximate surface area is 177 Å². The van der Waals surface area contributed by atoms with E-state index in [1.54, 1.807) is 40.4 Å². The van der Waals surface area contributed by atoms with Crippen LogP contribution in [0.25, 0.3) is 0 Å². The van der Waals surface area contributed by atoms with E-state index < -0.39 is 0 Å². The van der Waals surface area contributed by atoms with Crippen molar-refractivity contribution in [3.8, 4) is 0 Å². The number of likely N-dealkylation sites (tertiary alicyclic amines) is 1. The number of fused-ring (bicyclic) bond motifs is 4. The molecule has 2 N–H and O–H groups in total. The predicted octanol–water partition coefficient (Wildman–Crippen LogP) is 2.43. The molecule has 2 amide bonds. The van der Waals surface area contributed by atoms with E-state index in [0.29, 0.717) is 31.7 Å². The number of thiophene rings is 1. The molecule has 2 aliphatic heterocycles. The third-order valence-corrected chi connectivity index (χ3v) is 6.75. The monoisotopic (exact) mass is 422 g/mol. The molecule has 0 spiro atoms. The molecule has 0 radical (unpaired) electrons. The maximum Gasteiger partial charge on any atom is 0.263 e. The third-order valence-electron chi connectivity index (χ3n) is 6.01. The van der Waals surface area contributed by atoms with Gasteiger partial charge in [0.1, 0.15) is 5.56 Å². The van der Waals surface area contributed by atoms with Gasteiger partial charge in [-0.15, -0.1) is 0 Å². The normalized spacial score (nSPS) is 19.9. The number of hydrogen-bond acceptors (Lipinski definition) is 4. The Balaban J connectivity index is 1.36. The molecule has 0 aliphatic carbocycles. The van der Waals surface area contributed by atoms with Crippen molar-refractivity contribution >= 4 is 23.2 Å². The molecule has 3 aromatic rings. The van der Waals surface area contributed by atoms with E-state index >= 15 is 0 Å². The zero-order chi connectivity index (χ0) is 20.7. The lowest BCUT2D eigenvalue weighted by atomic mass is 9.82. The van der Waals surface area contributed by atoms with Crippen LogP contribution in [0, 0.1) is 5.92 Å². The van der Waals surface area contributed by atoms with E-state index in [2.05, 4.69) is 10.3 Å². The summed E-state index contributed by atoms with van der Waals surface area (Å²) in [6, 6.07) is 7.24. The van der Waals surface area contributed by atoms with Gasteiger partial charge in [-0.05, 0) is 52.9 Å². The Morgan fingerprint density at radius 3 is 2.83 bits per heavy atom. The number of H-pyrrole nitrogens is 1. The van der Waals surface area contributed by atoms with Crippen LogP contribution in [-0.2, 0) is 13.1 Å². The minimum Gasteiger partial charge on any atom is -0.367 e. The first-order valence-electron chi connectivity index (χ1n) is 10.0. The van der Waals surface area contributed by atoms with Gasteiger partial charge >= 0.3 is 0 Å². The molecule has 2 atom stereocenters. The lowest BCUT2D eigenvalue weighted by Crippen LogP contribution is -2.49. The lowest BCUT2D eigenvalue weighted by Gasteiger charge is -2.42. The molecular weight excluding hydrogens is 400 g/mol. The SMILES string of the molecule is O=C(NCc1ccsc1)c1ccc2n(c1=O)C[C@H]1C[C@@H]2CN(C(=O)c2cc[nH]c2)C1. The fraction of sp³-hybridized carbons (Fsp3) is 0.318. The van der Waals surface area contributed by atoms with Gasteiger partial charge < -0.3 is 19.8 Å². The van der Waals surface area contributed by atoms with Crippen molar-refractivity contribution in [2.24, 2.45) is 5.92 Å². The number of aromatic amines is 1. The van der Waals surface area contributed by atoms with Crippen LogP contribution in [0.1, 0.15) is 44.3 Å². The highest BCUT2D eigenvalue weighted by Gasteiger charge is 2.37. The second kappa shape index (κ2) is 7.60. The summed E-state index contributed by atoms with van der Waals surface area (Å²) in [6.07, 6.45) is 4.42. The van der Waals surface area contributed by atoms with Crippen molar-refractivity contribution in [1.29, 1.82) is 0 Å². The number of hydrogen-bond donors (Lipinski definition) is 2. The van der Waals surface area contributed by atoms with Gasteiger partial charge in [-0.1, -0.05) is 0 Å². The minimum absolute atomic E-state index is 0.0196. The molecule has 30 heavy (non-hydrogen) atoms. The van der Waals surface area contributed by atoms with Crippen molar-refractivity contribution in [3.63, 3.8) is 0 Å². The van der Waals surface area contributed by atoms with Gasteiger partial charge in [0.2, 0.25) is 0 Å². The lowest BCUT2D eigenvalue weighted by molar-refractivity contribution is 0.0594. The standard InChI is InChI=1S/C22H22N4O3S/c27-20(24-8-14-4-6-30-13-14)18-1-2-19-17-7-15(11-26(19)22(18)29)10-25(12-17)21(28)16-3-5-23-9-16/h1-6,9,13,15,17,23H,7-8,10-12H2,(H,24,27)/t15-,17+/m0/s1. The number of piperidine rings is 1. The van der Waals surface area contributed by atoms with E-state index in [9.17, 15) is 14.4 Å². The highest BCUT2D eigenvalue weighted by molar-refractivity contribution is 7.07. The third kappa shape index (κ3) is 3.37. The average molecular weight is 423 g/mol. The van der Waals surface area contributed by atoms with Gasteiger partial charge in [0.05, 0.1) is 5.56 Å². The molecule has 5 heterocycles. The van der Waals surface area contributed by atoms with Gasteiger partial charge in [0, 0.05) is 50.2 Å². The molecule has 5 rings (SSSR count). The maximum atomic E-state index is 13.1. The first-order valence-corrected chi connectivity index (χ1v) is 11.0. The summed E-state index contributed by atoms with van der Waals surface area (Å²) in [5.41, 5.74) is 2.53. The largest absolute Gasteiger partial charge is 0.367 e. The van der Waals surface area contributed by atoms with Gasteiger partial charge in [0.25, 0.3) is 17.4 Å². The van der Waals surface area contributed by atoms with Crippen molar-refractivity contribution in [2.45, 2.75) is 25.4 Å². The number of pyridine rings is 1. The van der Waals surface area contributed by atoms with E-state index in [-0.39, 0.29) is 34.8 Å². The zero-order valence-electron chi connectivity index (χ0n) is 16.3. The molecular formula is C22H22N4O3S. The number of nitrogens with one attached hydrogen (secondary N) is 2. The Morgan fingerprint density at radius 2 is 2.07 bits per heavy atom. The topological polar surface area (TPSA) is 87.2 Å². The van der Waals surface area contributed by atoms with Crippen LogP contribution in [-0.4, -0.2) is 39.4 Å².